The van der Waals surface area contributed by atoms with Crippen molar-refractivity contribution in [3.63, 3.8) is 0 Å². The molecule has 0 amide bonds. The summed E-state index contributed by atoms with van der Waals surface area (Å²) in [5.41, 5.74) is 0. The molecule has 1 radical (unpaired) electrons. The highest BCUT2D eigenvalue weighted by Gasteiger charge is 2.05. The van der Waals surface area contributed by atoms with E-state index in [4.69, 9.17) is 9.47 Å². The van der Waals surface area contributed by atoms with Crippen molar-refractivity contribution in [2.24, 2.45) is 5.92 Å². The van der Waals surface area contributed by atoms with E-state index >= 15 is 0 Å². The van der Waals surface area contributed by atoms with Crippen LogP contribution in [0.4, 0.5) is 0 Å². The van der Waals surface area contributed by atoms with Gasteiger partial charge in [0.05, 0.1) is 6.61 Å². The third-order valence-electron chi connectivity index (χ3n) is 3.20. The minimum Gasteiger partial charge on any atom is -0.491 e. The van der Waals surface area contributed by atoms with Crippen LogP contribution in [0.5, 0.6) is 11.5 Å². The van der Waals surface area contributed by atoms with Crippen molar-refractivity contribution in [1.82, 2.24) is 0 Å². The van der Waals surface area contributed by atoms with E-state index in [2.05, 4.69) is 13.8 Å². The molecule has 19 heavy (non-hydrogen) atoms. The summed E-state index contributed by atoms with van der Waals surface area (Å²) in [6.45, 7) is 6.30. The van der Waals surface area contributed by atoms with Crippen molar-refractivity contribution >= 4 is 0 Å². The van der Waals surface area contributed by atoms with Gasteiger partial charge in [-0.05, 0) is 24.5 Å². The highest BCUT2D eigenvalue weighted by molar-refractivity contribution is 5.31. The van der Waals surface area contributed by atoms with Crippen LogP contribution in [0.3, 0.4) is 0 Å². The van der Waals surface area contributed by atoms with Crippen molar-refractivity contribution < 1.29 is 14.6 Å². The number of hydrogen-bond acceptors (Lipinski definition) is 2. The second-order valence-electron chi connectivity index (χ2n) is 4.81. The van der Waals surface area contributed by atoms with E-state index in [9.17, 15) is 5.11 Å². The third kappa shape index (κ3) is 7.06. The molecule has 1 rings (SSSR count). The quantitative estimate of drug-likeness (QED) is 0.586. The van der Waals surface area contributed by atoms with Crippen LogP contribution in [-0.4, -0.2) is 19.8 Å². The van der Waals surface area contributed by atoms with Crippen LogP contribution in [0.25, 0.3) is 0 Å². The largest absolute Gasteiger partial charge is 0.491 e. The zero-order chi connectivity index (χ0) is 13.9. The van der Waals surface area contributed by atoms with Crippen LogP contribution in [0.1, 0.15) is 39.5 Å². The Balaban J connectivity index is 2.10. The first-order valence-electron chi connectivity index (χ1n) is 7.23. The van der Waals surface area contributed by atoms with Crippen LogP contribution < -0.4 is 4.74 Å². The molecule has 0 bridgehead atoms. The minimum atomic E-state index is -0.0240. The highest BCUT2D eigenvalue weighted by Crippen LogP contribution is 2.18. The topological polar surface area (TPSA) is 38.4 Å². The van der Waals surface area contributed by atoms with E-state index in [1.165, 1.54) is 37.8 Å². The second-order valence-corrected chi connectivity index (χ2v) is 4.81. The summed E-state index contributed by atoms with van der Waals surface area (Å²) in [5.74, 6) is 1.25. The Labute approximate surface area is 116 Å². The lowest BCUT2D eigenvalue weighted by Crippen LogP contribution is -2.13. The molecule has 0 aliphatic carbocycles. The van der Waals surface area contributed by atoms with Gasteiger partial charge in [0, 0.05) is 12.7 Å². The molecule has 0 spiro atoms. The van der Waals surface area contributed by atoms with Crippen molar-refractivity contribution in [2.75, 3.05) is 19.8 Å². The average Bonchev–Trinajstić information content (AvgIpc) is 2.42. The Hall–Kier alpha value is -1.22. The van der Waals surface area contributed by atoms with E-state index in [1.807, 2.05) is 0 Å². The Kier molecular flexibility index (Phi) is 8.07. The van der Waals surface area contributed by atoms with Gasteiger partial charge in [-0.3, -0.25) is 5.11 Å². The molecule has 0 aromatic heterocycles. The lowest BCUT2D eigenvalue weighted by atomic mass is 10.0. The van der Waals surface area contributed by atoms with Gasteiger partial charge in [-0.15, -0.1) is 0 Å². The predicted octanol–water partition coefficient (Wildman–Crippen LogP) is 4.44. The summed E-state index contributed by atoms with van der Waals surface area (Å²) < 4.78 is 11.1. The van der Waals surface area contributed by atoms with Gasteiger partial charge < -0.3 is 9.47 Å². The van der Waals surface area contributed by atoms with E-state index < -0.39 is 0 Å². The zero-order valence-corrected chi connectivity index (χ0v) is 12.1. The Bertz CT molecular complexity index is 339. The first-order valence-corrected chi connectivity index (χ1v) is 7.23. The van der Waals surface area contributed by atoms with Gasteiger partial charge in [0.1, 0.15) is 12.4 Å². The normalized spacial score (nSPS) is 12.3. The van der Waals surface area contributed by atoms with Crippen molar-refractivity contribution in [3.05, 3.63) is 24.3 Å². The third-order valence-corrected chi connectivity index (χ3v) is 3.20. The number of ether oxygens (including phenoxy) is 2. The van der Waals surface area contributed by atoms with Crippen molar-refractivity contribution in [2.45, 2.75) is 39.5 Å². The minimum absolute atomic E-state index is 0.0240. The van der Waals surface area contributed by atoms with Crippen LogP contribution in [-0.2, 0) is 9.84 Å². The molecule has 1 aromatic carbocycles. The summed E-state index contributed by atoms with van der Waals surface area (Å²) in [6, 6.07) is 6.51. The molecule has 0 saturated carbocycles. The molecule has 0 heterocycles. The maximum Gasteiger partial charge on any atom is 0.182 e. The number of unbranched alkanes of at least 4 members (excludes halogenated alkanes) is 1. The molecule has 0 saturated heterocycles. The second kappa shape index (κ2) is 9.68. The number of benzene rings is 1. The fourth-order valence-corrected chi connectivity index (χ4v) is 1.93. The van der Waals surface area contributed by atoms with E-state index in [1.54, 1.807) is 12.1 Å². The zero-order valence-electron chi connectivity index (χ0n) is 12.1. The maximum atomic E-state index is 11.1. The molecule has 0 N–H and O–H groups in total. The van der Waals surface area contributed by atoms with E-state index in [-0.39, 0.29) is 5.75 Å². The van der Waals surface area contributed by atoms with Gasteiger partial charge in [0.15, 0.2) is 5.75 Å². The molecule has 1 aromatic rings. The van der Waals surface area contributed by atoms with E-state index in [0.29, 0.717) is 24.9 Å². The Morgan fingerprint density at radius 3 is 2.74 bits per heavy atom. The van der Waals surface area contributed by atoms with Crippen molar-refractivity contribution in [3.8, 4) is 11.5 Å². The average molecular weight is 265 g/mol. The lowest BCUT2D eigenvalue weighted by Gasteiger charge is -2.14. The first kappa shape index (κ1) is 15.8. The Morgan fingerprint density at radius 2 is 2.05 bits per heavy atom. The van der Waals surface area contributed by atoms with Crippen LogP contribution >= 0.6 is 0 Å². The lowest BCUT2D eigenvalue weighted by molar-refractivity contribution is 0.0699. The molecule has 0 aliphatic rings. The maximum absolute atomic E-state index is 11.1. The van der Waals surface area contributed by atoms with Gasteiger partial charge in [-0.2, -0.15) is 0 Å². The van der Waals surface area contributed by atoms with E-state index in [0.717, 1.165) is 6.61 Å². The fraction of sp³-hybridized carbons (Fsp3) is 0.625. The molecule has 1 atom stereocenters. The molecule has 0 aliphatic heterocycles. The monoisotopic (exact) mass is 265 g/mol. The molecular formula is C16H25O3. The molecule has 107 valence electrons. The SMILES string of the molecule is CCCCC(CC)COCCOc1cccc([O])c1. The van der Waals surface area contributed by atoms with Gasteiger partial charge in [-0.25, -0.2) is 0 Å². The highest BCUT2D eigenvalue weighted by atomic mass is 16.5. The van der Waals surface area contributed by atoms with Gasteiger partial charge in [-0.1, -0.05) is 39.2 Å². The van der Waals surface area contributed by atoms with Gasteiger partial charge in [0.2, 0.25) is 0 Å². The fourth-order valence-electron chi connectivity index (χ4n) is 1.93. The standard InChI is InChI=1S/C16H25O3/c1-3-5-7-14(4-2)13-18-10-11-19-16-9-6-8-15(17)12-16/h6,8-9,12,14H,3-5,7,10-11,13H2,1-2H3. The first-order chi connectivity index (χ1) is 9.26. The number of hydrogen-bond donors (Lipinski definition) is 0. The molecular weight excluding hydrogens is 240 g/mol. The molecule has 3 nitrogen and oxygen atoms in total. The van der Waals surface area contributed by atoms with Gasteiger partial charge >= 0.3 is 0 Å². The van der Waals surface area contributed by atoms with Crippen LogP contribution in [0.2, 0.25) is 0 Å². The smallest absolute Gasteiger partial charge is 0.182 e. The van der Waals surface area contributed by atoms with Crippen LogP contribution in [0, 0.1) is 5.92 Å². The molecule has 3 heteroatoms. The Morgan fingerprint density at radius 1 is 1.21 bits per heavy atom. The summed E-state index contributed by atoms with van der Waals surface area (Å²) >= 11 is 0. The summed E-state index contributed by atoms with van der Waals surface area (Å²) in [4.78, 5) is 0. The molecule has 1 unspecified atom stereocenters. The molecule has 0 fully saturated rings. The summed E-state index contributed by atoms with van der Waals surface area (Å²) in [6.07, 6.45) is 4.92. The number of rotatable bonds is 10. The predicted molar refractivity (Wildman–Crippen MR) is 76.2 cm³/mol. The summed E-state index contributed by atoms with van der Waals surface area (Å²) in [5, 5.41) is 11.1. The van der Waals surface area contributed by atoms with Gasteiger partial charge in [0.25, 0.3) is 0 Å². The van der Waals surface area contributed by atoms with Crippen LogP contribution in [0.15, 0.2) is 24.3 Å². The summed E-state index contributed by atoms with van der Waals surface area (Å²) in [7, 11) is 0. The van der Waals surface area contributed by atoms with Crippen molar-refractivity contribution in [1.29, 1.82) is 0 Å².